The predicted octanol–water partition coefficient (Wildman–Crippen LogP) is -0.341. The number of hydrogen-bond acceptors (Lipinski definition) is 6. The molecule has 0 saturated heterocycles. The van der Waals surface area contributed by atoms with Crippen molar-refractivity contribution < 1.29 is 17.9 Å². The lowest BCUT2D eigenvalue weighted by Gasteiger charge is -2.00. The van der Waals surface area contributed by atoms with Gasteiger partial charge in [0.15, 0.2) is 5.49 Å². The topological polar surface area (TPSA) is 57.0 Å². The molecule has 0 radical (unpaired) electrons. The van der Waals surface area contributed by atoms with Crippen LogP contribution in [0, 0.1) is 0 Å². The Bertz CT molecular complexity index is 487. The van der Waals surface area contributed by atoms with E-state index in [1.54, 1.807) is 0 Å². The fraction of sp³-hybridized carbons (Fsp3) is 0.200. The van der Waals surface area contributed by atoms with Gasteiger partial charge in [-0.05, 0) is 5.34 Å². The molecule has 0 amide bonds. The maximum absolute atomic E-state index is 12.0. The Morgan fingerprint density at radius 1 is 1.13 bits per heavy atom. The Labute approximate surface area is 78.9 Å². The zero-order valence-electron chi connectivity index (χ0n) is 6.85. The summed E-state index contributed by atoms with van der Waals surface area (Å²) >= 11 is 0. The van der Waals surface area contributed by atoms with E-state index in [2.05, 4.69) is 20.0 Å². The number of anilines is 1. The first-order valence-corrected chi connectivity index (χ1v) is 3.59. The van der Waals surface area contributed by atoms with Crippen LogP contribution in [-0.4, -0.2) is 21.6 Å². The summed E-state index contributed by atoms with van der Waals surface area (Å²) in [5, 5.41) is -2.65. The lowest BCUT2D eigenvalue weighted by molar-refractivity contribution is -0.183. The highest BCUT2D eigenvalue weighted by Crippen LogP contribution is 2.06. The molecule has 1 aliphatic heterocycles. The van der Waals surface area contributed by atoms with Gasteiger partial charge in [0.05, 0.1) is 11.5 Å². The van der Waals surface area contributed by atoms with E-state index in [4.69, 9.17) is 0 Å². The summed E-state index contributed by atoms with van der Waals surface area (Å²) in [6.45, 7) is 0. The Morgan fingerprint density at radius 3 is 2.47 bits per heavy atom. The number of hydrogen-bond donors (Lipinski definition) is 0. The lowest BCUT2D eigenvalue weighted by atomic mass is 10.6. The number of aromatic nitrogens is 2. The predicted molar refractivity (Wildman–Crippen MR) is 36.9 cm³/mol. The molecule has 1 aromatic heterocycles. The molecule has 1 aromatic rings. The first-order valence-electron chi connectivity index (χ1n) is 3.59. The second kappa shape index (κ2) is 3.38. The molecule has 0 bridgehead atoms. The molecule has 0 fully saturated rings. The smallest absolute Gasteiger partial charge is 0.233 e. The number of halogens is 4. The molecule has 10 heteroatoms. The SMILES string of the molecule is FN(F)c1ncc2c(n1)=NC(N(F)F)N=2. The number of rotatable bonds is 2. The van der Waals surface area contributed by atoms with E-state index in [0.29, 0.717) is 0 Å². The Hall–Kier alpha value is -1.84. The van der Waals surface area contributed by atoms with Crippen molar-refractivity contribution >= 4 is 5.95 Å². The van der Waals surface area contributed by atoms with E-state index in [-0.39, 0.29) is 10.8 Å². The largest absolute Gasteiger partial charge is 0.290 e. The van der Waals surface area contributed by atoms with Crippen molar-refractivity contribution in [3.63, 3.8) is 0 Å². The van der Waals surface area contributed by atoms with Crippen molar-refractivity contribution in [1.82, 2.24) is 15.3 Å². The fourth-order valence-electron chi connectivity index (χ4n) is 0.975. The Balaban J connectivity index is 2.47. The van der Waals surface area contributed by atoms with E-state index >= 15 is 0 Å². The van der Waals surface area contributed by atoms with Crippen LogP contribution in [0.1, 0.15) is 0 Å². The van der Waals surface area contributed by atoms with Gasteiger partial charge in [-0.3, -0.25) is 0 Å². The van der Waals surface area contributed by atoms with Crippen molar-refractivity contribution in [2.75, 3.05) is 5.34 Å². The highest BCUT2D eigenvalue weighted by Gasteiger charge is 2.20. The lowest BCUT2D eigenvalue weighted by Crippen LogP contribution is -2.27. The third-order valence-corrected chi connectivity index (χ3v) is 1.56. The maximum Gasteiger partial charge on any atom is 0.290 e. The van der Waals surface area contributed by atoms with Crippen LogP contribution in [0.2, 0.25) is 0 Å². The minimum absolute atomic E-state index is 0.0501. The molecule has 0 saturated carbocycles. The second-order valence-corrected chi connectivity index (χ2v) is 2.48. The molecule has 0 spiro atoms. The first-order chi connectivity index (χ1) is 7.08. The summed E-state index contributed by atoms with van der Waals surface area (Å²) in [4.78, 5) is 13.1. The van der Waals surface area contributed by atoms with Crippen molar-refractivity contribution in [3.05, 3.63) is 17.0 Å². The summed E-state index contributed by atoms with van der Waals surface area (Å²) in [5.41, 5.74) is -0.286. The van der Waals surface area contributed by atoms with Gasteiger partial charge in [-0.1, -0.05) is 17.9 Å². The Morgan fingerprint density at radius 2 is 1.87 bits per heavy atom. The minimum atomic E-state index is -1.74. The van der Waals surface area contributed by atoms with Crippen LogP contribution in [-0.2, 0) is 0 Å². The molecule has 15 heavy (non-hydrogen) atoms. The summed E-state index contributed by atoms with van der Waals surface area (Å²) in [6, 6.07) is 0. The molecular formula is C5H2F4N6. The van der Waals surface area contributed by atoms with Crippen LogP contribution in [0.4, 0.5) is 23.9 Å². The van der Waals surface area contributed by atoms with Crippen LogP contribution in [0.15, 0.2) is 16.2 Å². The molecule has 0 N–H and O–H groups in total. The van der Waals surface area contributed by atoms with Crippen LogP contribution in [0.25, 0.3) is 0 Å². The minimum Gasteiger partial charge on any atom is -0.233 e. The third kappa shape index (κ3) is 1.70. The van der Waals surface area contributed by atoms with E-state index in [0.717, 1.165) is 6.20 Å². The van der Waals surface area contributed by atoms with Gasteiger partial charge in [0.2, 0.25) is 0 Å². The summed E-state index contributed by atoms with van der Waals surface area (Å²) in [6.07, 6.45) is -0.839. The van der Waals surface area contributed by atoms with E-state index < -0.39 is 22.9 Å². The molecule has 1 atom stereocenters. The van der Waals surface area contributed by atoms with Gasteiger partial charge < -0.3 is 0 Å². The molecule has 1 unspecified atom stereocenters. The summed E-state index contributed by atoms with van der Waals surface area (Å²) in [7, 11) is 0. The average Bonchev–Trinajstić information content (AvgIpc) is 2.59. The van der Waals surface area contributed by atoms with E-state index in [1.165, 1.54) is 0 Å². The van der Waals surface area contributed by atoms with Gasteiger partial charge in [-0.25, -0.2) is 15.0 Å². The molecule has 0 aromatic carbocycles. The highest BCUT2D eigenvalue weighted by atomic mass is 19.4. The van der Waals surface area contributed by atoms with Crippen LogP contribution in [0.3, 0.4) is 0 Å². The summed E-state index contributed by atoms with van der Waals surface area (Å²) < 4.78 is 47.9. The summed E-state index contributed by atoms with van der Waals surface area (Å²) in [5.74, 6) is -0.919. The molecule has 2 heterocycles. The van der Waals surface area contributed by atoms with Crippen LogP contribution >= 0.6 is 0 Å². The van der Waals surface area contributed by atoms with Crippen molar-refractivity contribution in [1.29, 1.82) is 0 Å². The molecular weight excluding hydrogens is 220 g/mol. The third-order valence-electron chi connectivity index (χ3n) is 1.56. The van der Waals surface area contributed by atoms with Gasteiger partial charge in [0.25, 0.3) is 12.2 Å². The Kier molecular flexibility index (Phi) is 2.19. The normalized spacial score (nSPS) is 18.3. The second-order valence-electron chi connectivity index (χ2n) is 2.48. The van der Waals surface area contributed by atoms with Crippen LogP contribution in [0.5, 0.6) is 0 Å². The van der Waals surface area contributed by atoms with Crippen molar-refractivity contribution in [2.45, 2.75) is 6.29 Å². The first kappa shape index (κ1) is 9.71. The van der Waals surface area contributed by atoms with E-state index in [9.17, 15) is 17.9 Å². The molecule has 2 rings (SSSR count). The van der Waals surface area contributed by atoms with Gasteiger partial charge in [0, 0.05) is 0 Å². The zero-order chi connectivity index (χ0) is 11.0. The van der Waals surface area contributed by atoms with Crippen molar-refractivity contribution in [2.24, 2.45) is 9.98 Å². The molecule has 1 aliphatic rings. The van der Waals surface area contributed by atoms with Crippen molar-refractivity contribution in [3.8, 4) is 0 Å². The zero-order valence-corrected chi connectivity index (χ0v) is 6.85. The fourth-order valence-corrected chi connectivity index (χ4v) is 0.975. The molecule has 6 nitrogen and oxygen atoms in total. The maximum atomic E-state index is 12.0. The average molecular weight is 222 g/mol. The highest BCUT2D eigenvalue weighted by molar-refractivity contribution is 5.18. The standard InChI is InChI=1S/C5H2F4N6/c6-14(7)4-10-1-2-3(12-4)13-5(11-2)15(8)9/h1,5H. The number of fused-ring (bicyclic) bond motifs is 1. The van der Waals surface area contributed by atoms with Gasteiger partial charge in [-0.2, -0.15) is 4.98 Å². The molecule has 0 aliphatic carbocycles. The van der Waals surface area contributed by atoms with Crippen LogP contribution < -0.4 is 16.2 Å². The number of nitrogens with zero attached hydrogens (tertiary/aromatic N) is 6. The molecule has 80 valence electrons. The van der Waals surface area contributed by atoms with E-state index in [1.807, 2.05) is 0 Å². The van der Waals surface area contributed by atoms with Gasteiger partial charge >= 0.3 is 0 Å². The van der Waals surface area contributed by atoms with Gasteiger partial charge in [0.1, 0.15) is 5.36 Å². The van der Waals surface area contributed by atoms with Gasteiger partial charge in [-0.15, -0.1) is 0 Å². The monoisotopic (exact) mass is 222 g/mol. The quantitative estimate of drug-likeness (QED) is 0.507.